The summed E-state index contributed by atoms with van der Waals surface area (Å²) in [4.78, 5) is 15.5. The Kier molecular flexibility index (Phi) is 7.48. The molecule has 1 aromatic carbocycles. The monoisotopic (exact) mass is 465 g/mol. The predicted molar refractivity (Wildman–Crippen MR) is 129 cm³/mol. The van der Waals surface area contributed by atoms with Crippen LogP contribution in [0, 0.1) is 19.8 Å². The van der Waals surface area contributed by atoms with Crippen molar-refractivity contribution >= 4 is 5.91 Å². The lowest BCUT2D eigenvalue weighted by Gasteiger charge is -2.22. The minimum Gasteiger partial charge on any atom is -0.462 e. The normalized spacial score (nSPS) is 15.2. The van der Waals surface area contributed by atoms with Gasteiger partial charge in [-0.3, -0.25) is 9.69 Å². The molecule has 0 spiro atoms. The predicted octanol–water partition coefficient (Wildman–Crippen LogP) is 3.56. The third kappa shape index (κ3) is 5.74. The summed E-state index contributed by atoms with van der Waals surface area (Å²) in [5.74, 6) is 3.51. The Balaban J connectivity index is 1.50. The van der Waals surface area contributed by atoms with Gasteiger partial charge in [-0.25, -0.2) is 0 Å². The lowest BCUT2D eigenvalue weighted by molar-refractivity contribution is 0.0928. The molecule has 8 heteroatoms. The van der Waals surface area contributed by atoms with Crippen LogP contribution in [0.2, 0.25) is 0 Å². The number of hydrogen-bond acceptors (Lipinski definition) is 6. The first-order chi connectivity index (χ1) is 16.3. The molecule has 1 amide bonds. The number of aryl methyl sites for hydroxylation is 2. The first kappa shape index (κ1) is 24.2. The quantitative estimate of drug-likeness (QED) is 0.528. The van der Waals surface area contributed by atoms with Gasteiger partial charge in [0.25, 0.3) is 5.91 Å². The summed E-state index contributed by atoms with van der Waals surface area (Å²) >= 11 is 0. The van der Waals surface area contributed by atoms with Crippen molar-refractivity contribution in [3.63, 3.8) is 0 Å². The van der Waals surface area contributed by atoms with Crippen LogP contribution in [0.5, 0.6) is 0 Å². The molecule has 0 fully saturated rings. The van der Waals surface area contributed by atoms with E-state index < -0.39 is 0 Å². The molecule has 2 aromatic heterocycles. The van der Waals surface area contributed by atoms with Gasteiger partial charge in [-0.1, -0.05) is 31.0 Å². The highest BCUT2D eigenvalue weighted by Crippen LogP contribution is 2.24. The fourth-order valence-electron chi connectivity index (χ4n) is 4.67. The molecule has 0 aliphatic carbocycles. The van der Waals surface area contributed by atoms with E-state index >= 15 is 0 Å². The molecular weight excluding hydrogens is 430 g/mol. The fourth-order valence-corrected chi connectivity index (χ4v) is 4.67. The lowest BCUT2D eigenvalue weighted by atomic mass is 10.0. The van der Waals surface area contributed by atoms with Gasteiger partial charge < -0.3 is 19.4 Å². The Labute approximate surface area is 201 Å². The van der Waals surface area contributed by atoms with Gasteiger partial charge in [0.15, 0.2) is 5.82 Å². The molecule has 2 N–H and O–H groups in total. The summed E-state index contributed by atoms with van der Waals surface area (Å²) in [6.07, 6.45) is 1.56. The van der Waals surface area contributed by atoms with Crippen LogP contribution >= 0.6 is 0 Å². The Morgan fingerprint density at radius 2 is 1.82 bits per heavy atom. The number of amides is 1. The van der Waals surface area contributed by atoms with Crippen molar-refractivity contribution in [3.05, 3.63) is 70.2 Å². The van der Waals surface area contributed by atoms with Gasteiger partial charge in [0.2, 0.25) is 0 Å². The smallest absolute Gasteiger partial charge is 0.251 e. The van der Waals surface area contributed by atoms with E-state index in [4.69, 9.17) is 4.42 Å². The van der Waals surface area contributed by atoms with Crippen LogP contribution in [-0.4, -0.2) is 43.8 Å². The van der Waals surface area contributed by atoms with Gasteiger partial charge in [0, 0.05) is 31.6 Å². The fraction of sp³-hybridized carbons (Fsp3) is 0.500. The standard InChI is InChI=1S/C26H35N5O3/c1-17(2)11-23(27-26(33)20-13-18(3)12-19(4)14-20)25-29-28-24-7-8-30(9-10-31(24)25)15-21-5-6-22(16-32)34-21/h5-6,12-14,17,23,32H,7-11,15-16H2,1-4H3,(H,27,33)/t23-/m1/s1. The van der Waals surface area contributed by atoms with Crippen LogP contribution in [0.3, 0.4) is 0 Å². The number of benzene rings is 1. The molecule has 0 bridgehead atoms. The highest BCUT2D eigenvalue weighted by Gasteiger charge is 2.26. The molecule has 1 aliphatic heterocycles. The zero-order valence-electron chi connectivity index (χ0n) is 20.5. The first-order valence-corrected chi connectivity index (χ1v) is 12.0. The average molecular weight is 466 g/mol. The van der Waals surface area contributed by atoms with E-state index in [-0.39, 0.29) is 18.6 Å². The van der Waals surface area contributed by atoms with Crippen molar-refractivity contribution in [1.29, 1.82) is 0 Å². The second-order valence-electron chi connectivity index (χ2n) is 9.71. The maximum Gasteiger partial charge on any atom is 0.251 e. The number of carbonyl (C=O) groups excluding carboxylic acids is 1. The number of hydrogen-bond donors (Lipinski definition) is 2. The summed E-state index contributed by atoms with van der Waals surface area (Å²) in [6, 6.07) is 9.44. The Morgan fingerprint density at radius 3 is 2.50 bits per heavy atom. The number of aliphatic hydroxyl groups is 1. The number of nitrogens with zero attached hydrogens (tertiary/aromatic N) is 4. The van der Waals surface area contributed by atoms with Crippen molar-refractivity contribution in [2.75, 3.05) is 13.1 Å². The van der Waals surface area contributed by atoms with E-state index in [9.17, 15) is 9.90 Å². The van der Waals surface area contributed by atoms with Crippen molar-refractivity contribution in [3.8, 4) is 0 Å². The van der Waals surface area contributed by atoms with Gasteiger partial charge >= 0.3 is 0 Å². The van der Waals surface area contributed by atoms with Crippen LogP contribution in [0.15, 0.2) is 34.7 Å². The molecule has 0 saturated heterocycles. The molecule has 1 atom stereocenters. The van der Waals surface area contributed by atoms with Crippen molar-refractivity contribution in [1.82, 2.24) is 25.0 Å². The van der Waals surface area contributed by atoms with Crippen LogP contribution in [0.1, 0.15) is 71.0 Å². The van der Waals surface area contributed by atoms with E-state index in [2.05, 4.69) is 44.9 Å². The highest BCUT2D eigenvalue weighted by atomic mass is 16.4. The molecule has 8 nitrogen and oxygen atoms in total. The number of aromatic nitrogens is 3. The zero-order chi connectivity index (χ0) is 24.2. The highest BCUT2D eigenvalue weighted by molar-refractivity contribution is 5.94. The number of rotatable bonds is 8. The summed E-state index contributed by atoms with van der Waals surface area (Å²) in [5.41, 5.74) is 2.82. The van der Waals surface area contributed by atoms with E-state index in [1.807, 2.05) is 38.1 Å². The molecular formula is C26H35N5O3. The van der Waals surface area contributed by atoms with Gasteiger partial charge in [-0.2, -0.15) is 0 Å². The third-order valence-corrected chi connectivity index (χ3v) is 6.21. The largest absolute Gasteiger partial charge is 0.462 e. The third-order valence-electron chi connectivity index (χ3n) is 6.21. The summed E-state index contributed by atoms with van der Waals surface area (Å²) in [6.45, 7) is 11.3. The summed E-state index contributed by atoms with van der Waals surface area (Å²) in [7, 11) is 0. The average Bonchev–Trinajstić information content (AvgIpc) is 3.35. The molecule has 3 aromatic rings. The van der Waals surface area contributed by atoms with Gasteiger partial charge in [-0.05, 0) is 50.5 Å². The van der Waals surface area contributed by atoms with Crippen molar-refractivity contribution in [2.24, 2.45) is 5.92 Å². The summed E-state index contributed by atoms with van der Waals surface area (Å²) < 4.78 is 7.85. The number of nitrogens with one attached hydrogen (secondary N) is 1. The van der Waals surface area contributed by atoms with Gasteiger partial charge in [0.1, 0.15) is 24.0 Å². The van der Waals surface area contributed by atoms with Crippen LogP contribution < -0.4 is 5.32 Å². The second kappa shape index (κ2) is 10.5. The Morgan fingerprint density at radius 1 is 1.09 bits per heavy atom. The van der Waals surface area contributed by atoms with E-state index in [0.717, 1.165) is 61.0 Å². The van der Waals surface area contributed by atoms with Crippen LogP contribution in [-0.2, 0) is 26.1 Å². The molecule has 34 heavy (non-hydrogen) atoms. The number of furan rings is 1. The molecule has 0 saturated carbocycles. The van der Waals surface area contributed by atoms with E-state index in [1.165, 1.54) is 0 Å². The molecule has 1 aliphatic rings. The van der Waals surface area contributed by atoms with Crippen molar-refractivity contribution in [2.45, 2.75) is 66.3 Å². The van der Waals surface area contributed by atoms with Crippen molar-refractivity contribution < 1.29 is 14.3 Å². The number of aliphatic hydroxyl groups excluding tert-OH is 1. The molecule has 4 rings (SSSR count). The van der Waals surface area contributed by atoms with Crippen LogP contribution in [0.4, 0.5) is 0 Å². The molecule has 0 unspecified atom stereocenters. The van der Waals surface area contributed by atoms with Gasteiger partial charge in [0.05, 0.1) is 12.6 Å². The molecule has 3 heterocycles. The number of fused-ring (bicyclic) bond motifs is 1. The van der Waals surface area contributed by atoms with Gasteiger partial charge in [-0.15, -0.1) is 10.2 Å². The maximum atomic E-state index is 13.1. The SMILES string of the molecule is Cc1cc(C)cc(C(=O)N[C@H](CC(C)C)c2nnc3n2CCN(Cc2ccc(CO)o2)CC3)c1. The first-order valence-electron chi connectivity index (χ1n) is 12.0. The Bertz CT molecular complexity index is 1110. The zero-order valence-corrected chi connectivity index (χ0v) is 20.5. The molecule has 0 radical (unpaired) electrons. The maximum absolute atomic E-state index is 13.1. The topological polar surface area (TPSA) is 96.4 Å². The minimum absolute atomic E-state index is 0.0810. The summed E-state index contributed by atoms with van der Waals surface area (Å²) in [5, 5.41) is 21.5. The molecule has 182 valence electrons. The lowest BCUT2D eigenvalue weighted by Crippen LogP contribution is -2.32. The number of carbonyl (C=O) groups is 1. The van der Waals surface area contributed by atoms with E-state index in [0.29, 0.717) is 23.8 Å². The van der Waals surface area contributed by atoms with E-state index in [1.54, 1.807) is 0 Å². The minimum atomic E-state index is -0.210. The van der Waals surface area contributed by atoms with Crippen LogP contribution in [0.25, 0.3) is 0 Å². The second-order valence-corrected chi connectivity index (χ2v) is 9.71. The Hall–Kier alpha value is -2.97.